The molecule has 0 radical (unpaired) electrons. The fourth-order valence-corrected chi connectivity index (χ4v) is 1.67. The van der Waals surface area contributed by atoms with Crippen LogP contribution in [0.15, 0.2) is 65.5 Å². The van der Waals surface area contributed by atoms with E-state index in [2.05, 4.69) is 5.32 Å². The normalized spacial score (nSPS) is 13.2. The van der Waals surface area contributed by atoms with Gasteiger partial charge in [0.1, 0.15) is 5.84 Å². The smallest absolute Gasteiger partial charge is 0.124 e. The van der Waals surface area contributed by atoms with Gasteiger partial charge in [-0.2, -0.15) is 0 Å². The molecule has 0 bridgehead atoms. The summed E-state index contributed by atoms with van der Waals surface area (Å²) in [7, 11) is 0. The van der Waals surface area contributed by atoms with Crippen molar-refractivity contribution in [2.45, 2.75) is 20.3 Å². The Morgan fingerprint density at radius 1 is 1.20 bits per heavy atom. The fourth-order valence-electron chi connectivity index (χ4n) is 1.67. The molecule has 0 spiro atoms. The van der Waals surface area contributed by atoms with E-state index in [9.17, 15) is 0 Å². The molecule has 0 fully saturated rings. The predicted molar refractivity (Wildman–Crippen MR) is 86.4 cm³/mol. The molecule has 1 aromatic rings. The standard InChI is InChI=1S/C16H22N4/c1-3-7-15(17)14(16(18)19)11-10-12(2)20-13-8-5-4-6-9-13/h4-11,20H,3,17H2,1-2H3,(H3,18,19)/b12-10+,14-11+,15-7-. The number of anilines is 1. The van der Waals surface area contributed by atoms with E-state index < -0.39 is 0 Å². The number of hydrogen-bond donors (Lipinski definition) is 4. The Labute approximate surface area is 120 Å². The van der Waals surface area contributed by atoms with E-state index in [0.29, 0.717) is 11.3 Å². The Morgan fingerprint density at radius 3 is 2.40 bits per heavy atom. The minimum atomic E-state index is -0.0315. The van der Waals surface area contributed by atoms with E-state index in [1.165, 1.54) is 0 Å². The van der Waals surface area contributed by atoms with Crippen LogP contribution in [0.2, 0.25) is 0 Å². The highest BCUT2D eigenvalue weighted by molar-refractivity contribution is 5.98. The van der Waals surface area contributed by atoms with Crippen LogP contribution in [-0.2, 0) is 0 Å². The van der Waals surface area contributed by atoms with Crippen molar-refractivity contribution >= 4 is 11.5 Å². The molecule has 4 heteroatoms. The minimum absolute atomic E-state index is 0.0315. The van der Waals surface area contributed by atoms with E-state index in [0.717, 1.165) is 17.8 Å². The highest BCUT2D eigenvalue weighted by atomic mass is 14.9. The van der Waals surface area contributed by atoms with Gasteiger partial charge in [-0.1, -0.05) is 31.2 Å². The zero-order valence-electron chi connectivity index (χ0n) is 12.0. The number of benzene rings is 1. The Bertz CT molecular complexity index is 539. The van der Waals surface area contributed by atoms with Crippen molar-refractivity contribution in [2.24, 2.45) is 11.5 Å². The lowest BCUT2D eigenvalue weighted by molar-refractivity contribution is 1.17. The highest BCUT2D eigenvalue weighted by Gasteiger charge is 2.03. The summed E-state index contributed by atoms with van der Waals surface area (Å²) in [6.07, 6.45) is 6.28. The van der Waals surface area contributed by atoms with Crippen LogP contribution >= 0.6 is 0 Å². The lowest BCUT2D eigenvalue weighted by Gasteiger charge is -2.07. The molecular weight excluding hydrogens is 248 g/mol. The first-order valence-electron chi connectivity index (χ1n) is 6.55. The maximum atomic E-state index is 7.56. The summed E-state index contributed by atoms with van der Waals surface area (Å²) in [4.78, 5) is 0. The van der Waals surface area contributed by atoms with E-state index >= 15 is 0 Å². The number of nitrogens with two attached hydrogens (primary N) is 2. The molecular formula is C16H22N4. The van der Waals surface area contributed by atoms with Crippen LogP contribution in [0.4, 0.5) is 5.69 Å². The second-order valence-corrected chi connectivity index (χ2v) is 4.40. The summed E-state index contributed by atoms with van der Waals surface area (Å²) < 4.78 is 0. The van der Waals surface area contributed by atoms with Gasteiger partial charge in [-0.15, -0.1) is 0 Å². The van der Waals surface area contributed by atoms with Crippen molar-refractivity contribution < 1.29 is 0 Å². The van der Waals surface area contributed by atoms with E-state index in [1.807, 2.05) is 56.3 Å². The topological polar surface area (TPSA) is 87.9 Å². The predicted octanol–water partition coefficient (Wildman–Crippen LogP) is 3.12. The Kier molecular flexibility index (Phi) is 6.10. The Balaban J connectivity index is 2.87. The van der Waals surface area contributed by atoms with Crippen LogP contribution in [0, 0.1) is 5.41 Å². The van der Waals surface area contributed by atoms with Crippen molar-refractivity contribution in [1.82, 2.24) is 0 Å². The van der Waals surface area contributed by atoms with Gasteiger partial charge in [-0.05, 0) is 37.6 Å². The first-order chi connectivity index (χ1) is 9.54. The van der Waals surface area contributed by atoms with Gasteiger partial charge in [-0.3, -0.25) is 5.41 Å². The quantitative estimate of drug-likeness (QED) is 0.364. The third-order valence-electron chi connectivity index (χ3n) is 2.64. The number of rotatable bonds is 6. The minimum Gasteiger partial charge on any atom is -0.398 e. The largest absolute Gasteiger partial charge is 0.398 e. The molecule has 0 aliphatic carbocycles. The molecule has 0 saturated heterocycles. The molecule has 6 N–H and O–H groups in total. The second-order valence-electron chi connectivity index (χ2n) is 4.40. The summed E-state index contributed by atoms with van der Waals surface area (Å²) in [5, 5.41) is 10.8. The number of hydrogen-bond acceptors (Lipinski definition) is 3. The Morgan fingerprint density at radius 2 is 1.85 bits per heavy atom. The van der Waals surface area contributed by atoms with E-state index in [-0.39, 0.29) is 5.84 Å². The first kappa shape index (κ1) is 15.6. The molecule has 0 saturated carbocycles. The van der Waals surface area contributed by atoms with Crippen LogP contribution in [-0.4, -0.2) is 5.84 Å². The third-order valence-corrected chi connectivity index (χ3v) is 2.64. The van der Waals surface area contributed by atoms with E-state index in [4.69, 9.17) is 16.9 Å². The first-order valence-corrected chi connectivity index (χ1v) is 6.55. The van der Waals surface area contributed by atoms with Gasteiger partial charge in [0, 0.05) is 22.7 Å². The fraction of sp³-hybridized carbons (Fsp3) is 0.188. The van der Waals surface area contributed by atoms with Crippen LogP contribution in [0.1, 0.15) is 20.3 Å². The second kappa shape index (κ2) is 7.84. The average Bonchev–Trinajstić information content (AvgIpc) is 2.40. The maximum Gasteiger partial charge on any atom is 0.124 e. The SMILES string of the molecule is CC/C=C(N)/C(=C\C=C(/C)Nc1ccccc1)C(=N)N. The summed E-state index contributed by atoms with van der Waals surface area (Å²) in [6, 6.07) is 9.87. The lowest BCUT2D eigenvalue weighted by atomic mass is 10.1. The number of allylic oxidation sites excluding steroid dienone is 4. The zero-order chi connectivity index (χ0) is 15.0. The van der Waals surface area contributed by atoms with Crippen LogP contribution < -0.4 is 16.8 Å². The zero-order valence-corrected chi connectivity index (χ0v) is 12.0. The van der Waals surface area contributed by atoms with Crippen LogP contribution in [0.5, 0.6) is 0 Å². The number of nitrogens with one attached hydrogen (secondary N) is 2. The van der Waals surface area contributed by atoms with Crippen LogP contribution in [0.25, 0.3) is 0 Å². The van der Waals surface area contributed by atoms with Gasteiger partial charge in [0.2, 0.25) is 0 Å². The molecule has 20 heavy (non-hydrogen) atoms. The Hall–Kier alpha value is -2.49. The van der Waals surface area contributed by atoms with Gasteiger partial charge in [0.05, 0.1) is 0 Å². The molecule has 1 rings (SSSR count). The molecule has 0 heterocycles. The molecule has 4 nitrogen and oxygen atoms in total. The maximum absolute atomic E-state index is 7.56. The number of amidine groups is 1. The van der Waals surface area contributed by atoms with Crippen molar-refractivity contribution in [1.29, 1.82) is 5.41 Å². The van der Waals surface area contributed by atoms with Crippen molar-refractivity contribution in [2.75, 3.05) is 5.32 Å². The molecule has 0 amide bonds. The lowest BCUT2D eigenvalue weighted by Crippen LogP contribution is -2.18. The average molecular weight is 270 g/mol. The third kappa shape index (κ3) is 5.02. The summed E-state index contributed by atoms with van der Waals surface area (Å²) in [6.45, 7) is 3.93. The van der Waals surface area contributed by atoms with Crippen LogP contribution in [0.3, 0.4) is 0 Å². The monoisotopic (exact) mass is 270 g/mol. The molecule has 0 aliphatic rings. The molecule has 0 unspecified atom stereocenters. The van der Waals surface area contributed by atoms with Gasteiger partial charge >= 0.3 is 0 Å². The molecule has 0 aromatic heterocycles. The summed E-state index contributed by atoms with van der Waals surface area (Å²) in [5.41, 5.74) is 14.5. The van der Waals surface area contributed by atoms with Gasteiger partial charge in [-0.25, -0.2) is 0 Å². The van der Waals surface area contributed by atoms with Crippen molar-refractivity contribution in [3.05, 3.63) is 65.5 Å². The number of para-hydroxylation sites is 1. The summed E-state index contributed by atoms with van der Waals surface area (Å²) >= 11 is 0. The molecule has 0 aliphatic heterocycles. The van der Waals surface area contributed by atoms with Crippen molar-refractivity contribution in [3.63, 3.8) is 0 Å². The highest BCUT2D eigenvalue weighted by Crippen LogP contribution is 2.10. The van der Waals surface area contributed by atoms with Gasteiger partial charge in [0.15, 0.2) is 0 Å². The molecule has 1 aromatic carbocycles. The molecule has 0 atom stereocenters. The van der Waals surface area contributed by atoms with Gasteiger partial charge in [0.25, 0.3) is 0 Å². The molecule has 106 valence electrons. The van der Waals surface area contributed by atoms with Gasteiger partial charge < -0.3 is 16.8 Å². The van der Waals surface area contributed by atoms with E-state index in [1.54, 1.807) is 6.08 Å². The van der Waals surface area contributed by atoms with Crippen molar-refractivity contribution in [3.8, 4) is 0 Å². The summed E-state index contributed by atoms with van der Waals surface area (Å²) in [5.74, 6) is -0.0315.